The Labute approximate surface area is 114 Å². The van der Waals surface area contributed by atoms with Crippen LogP contribution in [0.25, 0.3) is 0 Å². The van der Waals surface area contributed by atoms with Crippen molar-refractivity contribution in [1.29, 1.82) is 0 Å². The highest BCUT2D eigenvalue weighted by Gasteiger charge is 2.33. The predicted molar refractivity (Wildman–Crippen MR) is 76.7 cm³/mol. The van der Waals surface area contributed by atoms with Gasteiger partial charge in [-0.25, -0.2) is 9.38 Å². The Morgan fingerprint density at radius 2 is 2.21 bits per heavy atom. The van der Waals surface area contributed by atoms with Crippen molar-refractivity contribution in [1.82, 2.24) is 10.6 Å². The van der Waals surface area contributed by atoms with Gasteiger partial charge in [-0.2, -0.15) is 0 Å². The lowest BCUT2D eigenvalue weighted by Gasteiger charge is -2.10. The van der Waals surface area contributed by atoms with Crippen molar-refractivity contribution in [2.45, 2.75) is 39.8 Å². The summed E-state index contributed by atoms with van der Waals surface area (Å²) >= 11 is 0. The van der Waals surface area contributed by atoms with E-state index in [0.29, 0.717) is 18.2 Å². The maximum atomic E-state index is 13.2. The van der Waals surface area contributed by atoms with Crippen molar-refractivity contribution in [3.8, 4) is 0 Å². The Morgan fingerprint density at radius 3 is 2.79 bits per heavy atom. The first kappa shape index (κ1) is 13.8. The summed E-state index contributed by atoms with van der Waals surface area (Å²) in [6.07, 6.45) is 1.21. The molecule has 1 aliphatic rings. The third kappa shape index (κ3) is 3.94. The zero-order valence-corrected chi connectivity index (χ0v) is 11.8. The third-order valence-corrected chi connectivity index (χ3v) is 3.42. The van der Waals surface area contributed by atoms with Crippen LogP contribution in [0.5, 0.6) is 0 Å². The monoisotopic (exact) mass is 263 g/mol. The fourth-order valence-corrected chi connectivity index (χ4v) is 1.99. The van der Waals surface area contributed by atoms with Crippen molar-refractivity contribution >= 4 is 5.96 Å². The maximum Gasteiger partial charge on any atom is 0.191 e. The van der Waals surface area contributed by atoms with E-state index in [1.165, 1.54) is 12.5 Å². The molecule has 1 aromatic carbocycles. The van der Waals surface area contributed by atoms with Crippen LogP contribution in [0.15, 0.2) is 23.2 Å². The van der Waals surface area contributed by atoms with E-state index in [2.05, 4.69) is 29.5 Å². The van der Waals surface area contributed by atoms with E-state index in [4.69, 9.17) is 0 Å². The van der Waals surface area contributed by atoms with Gasteiger partial charge in [-0.05, 0) is 43.4 Å². The zero-order chi connectivity index (χ0) is 13.8. The van der Waals surface area contributed by atoms with Gasteiger partial charge in [-0.15, -0.1) is 0 Å². The first-order valence-corrected chi connectivity index (χ1v) is 6.90. The van der Waals surface area contributed by atoms with E-state index in [1.807, 2.05) is 6.07 Å². The second kappa shape index (κ2) is 6.04. The first-order chi connectivity index (χ1) is 9.10. The molecule has 0 bridgehead atoms. The van der Waals surface area contributed by atoms with E-state index < -0.39 is 0 Å². The number of nitrogens with zero attached hydrogens (tertiary/aromatic N) is 1. The van der Waals surface area contributed by atoms with Crippen LogP contribution in [0.3, 0.4) is 0 Å². The summed E-state index contributed by atoms with van der Waals surface area (Å²) in [6, 6.07) is 5.69. The molecule has 0 radical (unpaired) electrons. The number of rotatable bonds is 4. The molecule has 0 saturated heterocycles. The van der Waals surface area contributed by atoms with Crippen LogP contribution in [-0.4, -0.2) is 18.5 Å². The molecule has 19 heavy (non-hydrogen) atoms. The number of benzene rings is 1. The Hall–Kier alpha value is -1.58. The Morgan fingerprint density at radius 1 is 1.47 bits per heavy atom. The van der Waals surface area contributed by atoms with Crippen LogP contribution in [-0.2, 0) is 6.54 Å². The van der Waals surface area contributed by atoms with Gasteiger partial charge < -0.3 is 10.6 Å². The molecular formula is C15H22FN3. The number of aryl methyl sites for hydroxylation is 1. The third-order valence-electron chi connectivity index (χ3n) is 3.42. The first-order valence-electron chi connectivity index (χ1n) is 6.90. The Bertz CT molecular complexity index is 470. The summed E-state index contributed by atoms with van der Waals surface area (Å²) in [6.45, 7) is 7.46. The smallest absolute Gasteiger partial charge is 0.191 e. The average molecular weight is 263 g/mol. The predicted octanol–water partition coefficient (Wildman–Crippen LogP) is 2.60. The minimum absolute atomic E-state index is 0.162. The average Bonchev–Trinajstić information content (AvgIpc) is 3.06. The van der Waals surface area contributed by atoms with Crippen LogP contribution in [0, 0.1) is 18.7 Å². The van der Waals surface area contributed by atoms with Gasteiger partial charge in [0.2, 0.25) is 0 Å². The molecule has 3 nitrogen and oxygen atoms in total. The van der Waals surface area contributed by atoms with Gasteiger partial charge in [-0.3, -0.25) is 0 Å². The zero-order valence-electron chi connectivity index (χ0n) is 11.8. The van der Waals surface area contributed by atoms with Gasteiger partial charge in [-0.1, -0.05) is 19.1 Å². The molecule has 2 rings (SSSR count). The molecule has 0 heterocycles. The summed E-state index contributed by atoms with van der Waals surface area (Å²) in [5.41, 5.74) is 1.70. The molecule has 2 N–H and O–H groups in total. The Kier molecular flexibility index (Phi) is 4.40. The number of hydrogen-bond donors (Lipinski definition) is 2. The van der Waals surface area contributed by atoms with Crippen LogP contribution >= 0.6 is 0 Å². The van der Waals surface area contributed by atoms with Gasteiger partial charge in [0.05, 0.1) is 6.54 Å². The second-order valence-corrected chi connectivity index (χ2v) is 5.24. The topological polar surface area (TPSA) is 36.4 Å². The second-order valence-electron chi connectivity index (χ2n) is 5.24. The molecule has 4 heteroatoms. The molecular weight excluding hydrogens is 241 g/mol. The molecule has 2 unspecified atom stereocenters. The summed E-state index contributed by atoms with van der Waals surface area (Å²) < 4.78 is 13.2. The SMILES string of the molecule is CCNC(=NCc1ccc(F)c(C)c1)NC1CC1C. The molecule has 2 atom stereocenters. The van der Waals surface area contributed by atoms with Crippen molar-refractivity contribution in [2.24, 2.45) is 10.9 Å². The van der Waals surface area contributed by atoms with E-state index in [1.54, 1.807) is 13.0 Å². The normalized spacial score (nSPS) is 22.2. The van der Waals surface area contributed by atoms with Crippen molar-refractivity contribution in [3.63, 3.8) is 0 Å². The van der Waals surface area contributed by atoms with Gasteiger partial charge >= 0.3 is 0 Å². The molecule has 0 aliphatic heterocycles. The van der Waals surface area contributed by atoms with Crippen LogP contribution in [0.2, 0.25) is 0 Å². The molecule has 1 saturated carbocycles. The molecule has 104 valence electrons. The van der Waals surface area contributed by atoms with E-state index in [0.717, 1.165) is 24.0 Å². The van der Waals surface area contributed by atoms with Crippen LogP contribution in [0.4, 0.5) is 4.39 Å². The highest BCUT2D eigenvalue weighted by molar-refractivity contribution is 5.80. The lowest BCUT2D eigenvalue weighted by molar-refractivity contribution is 0.617. The molecule has 1 aliphatic carbocycles. The quantitative estimate of drug-likeness (QED) is 0.647. The number of nitrogens with one attached hydrogen (secondary N) is 2. The molecule has 1 fully saturated rings. The number of aliphatic imine (C=N–C) groups is 1. The van der Waals surface area contributed by atoms with E-state index in [9.17, 15) is 4.39 Å². The number of guanidine groups is 1. The van der Waals surface area contributed by atoms with Crippen molar-refractivity contribution in [2.75, 3.05) is 6.54 Å². The van der Waals surface area contributed by atoms with Gasteiger partial charge in [0.15, 0.2) is 5.96 Å². The lowest BCUT2D eigenvalue weighted by Crippen LogP contribution is -2.39. The van der Waals surface area contributed by atoms with Crippen molar-refractivity contribution < 1.29 is 4.39 Å². The van der Waals surface area contributed by atoms with E-state index in [-0.39, 0.29) is 5.82 Å². The minimum atomic E-state index is -0.162. The molecule has 0 amide bonds. The summed E-state index contributed by atoms with van der Waals surface area (Å²) in [4.78, 5) is 4.54. The summed E-state index contributed by atoms with van der Waals surface area (Å²) in [5, 5.41) is 6.64. The largest absolute Gasteiger partial charge is 0.357 e. The molecule has 0 aromatic heterocycles. The molecule has 0 spiro atoms. The number of hydrogen-bond acceptors (Lipinski definition) is 1. The fraction of sp³-hybridized carbons (Fsp3) is 0.533. The summed E-state index contributed by atoms with van der Waals surface area (Å²) in [5.74, 6) is 1.42. The van der Waals surface area contributed by atoms with E-state index >= 15 is 0 Å². The highest BCUT2D eigenvalue weighted by atomic mass is 19.1. The number of halogens is 1. The standard InChI is InChI=1S/C15H22FN3/c1-4-17-15(19-14-8-11(14)3)18-9-12-5-6-13(16)10(2)7-12/h5-7,11,14H,4,8-9H2,1-3H3,(H2,17,18,19). The van der Waals surface area contributed by atoms with Crippen LogP contribution in [0.1, 0.15) is 31.4 Å². The summed E-state index contributed by atoms with van der Waals surface area (Å²) in [7, 11) is 0. The molecule has 1 aromatic rings. The fourth-order valence-electron chi connectivity index (χ4n) is 1.99. The highest BCUT2D eigenvalue weighted by Crippen LogP contribution is 2.28. The lowest BCUT2D eigenvalue weighted by atomic mass is 10.1. The van der Waals surface area contributed by atoms with Gasteiger partial charge in [0, 0.05) is 12.6 Å². The van der Waals surface area contributed by atoms with Crippen molar-refractivity contribution in [3.05, 3.63) is 35.1 Å². The van der Waals surface area contributed by atoms with Gasteiger partial charge in [0.25, 0.3) is 0 Å². The van der Waals surface area contributed by atoms with Gasteiger partial charge in [0.1, 0.15) is 5.82 Å². The minimum Gasteiger partial charge on any atom is -0.357 e. The maximum absolute atomic E-state index is 13.2. The van der Waals surface area contributed by atoms with Crippen LogP contribution < -0.4 is 10.6 Å². The Balaban J connectivity index is 1.98.